The van der Waals surface area contributed by atoms with Crippen molar-refractivity contribution < 1.29 is 14.3 Å². The van der Waals surface area contributed by atoms with Crippen LogP contribution in [0.5, 0.6) is 5.75 Å². The fourth-order valence-electron chi connectivity index (χ4n) is 4.22. The second-order valence-corrected chi connectivity index (χ2v) is 8.42. The van der Waals surface area contributed by atoms with Gasteiger partial charge in [0.25, 0.3) is 0 Å². The molecule has 0 radical (unpaired) electrons. The van der Waals surface area contributed by atoms with Crippen molar-refractivity contribution in [2.24, 2.45) is 0 Å². The van der Waals surface area contributed by atoms with Gasteiger partial charge in [0.15, 0.2) is 0 Å². The number of ether oxygens (including phenoxy) is 2. The third-order valence-corrected chi connectivity index (χ3v) is 6.06. The van der Waals surface area contributed by atoms with Crippen molar-refractivity contribution in [2.45, 2.75) is 32.9 Å². The molecule has 1 aliphatic heterocycles. The quantitative estimate of drug-likeness (QED) is 0.592. The second-order valence-electron chi connectivity index (χ2n) is 8.42. The Morgan fingerprint density at radius 1 is 1.21 bits per heavy atom. The van der Waals surface area contributed by atoms with Crippen LogP contribution in [0.15, 0.2) is 60.8 Å². The Balaban J connectivity index is 1.38. The van der Waals surface area contributed by atoms with Crippen molar-refractivity contribution in [1.29, 1.82) is 0 Å². The van der Waals surface area contributed by atoms with Gasteiger partial charge in [-0.2, -0.15) is 0 Å². The maximum absolute atomic E-state index is 12.4. The molecule has 1 aliphatic rings. The molecule has 3 aromatic rings. The fraction of sp³-hybridized carbons (Fsp3) is 0.333. The number of benzene rings is 2. The highest BCUT2D eigenvalue weighted by Crippen LogP contribution is 2.29. The highest BCUT2D eigenvalue weighted by molar-refractivity contribution is 5.78. The van der Waals surface area contributed by atoms with E-state index in [9.17, 15) is 4.79 Å². The lowest BCUT2D eigenvalue weighted by Gasteiger charge is -2.35. The Morgan fingerprint density at radius 2 is 2.06 bits per heavy atom. The van der Waals surface area contributed by atoms with Crippen LogP contribution in [-0.4, -0.2) is 43.8 Å². The molecule has 0 bridgehead atoms. The summed E-state index contributed by atoms with van der Waals surface area (Å²) in [6.07, 6.45) is 2.09. The lowest BCUT2D eigenvalue weighted by molar-refractivity contribution is -0.120. The van der Waals surface area contributed by atoms with Crippen molar-refractivity contribution in [3.8, 4) is 16.9 Å². The molecular formula is C27H31N3O3. The number of hydrogen-bond donors (Lipinski definition) is 1. The highest BCUT2D eigenvalue weighted by Gasteiger charge is 2.19. The van der Waals surface area contributed by atoms with Crippen molar-refractivity contribution in [1.82, 2.24) is 10.3 Å². The van der Waals surface area contributed by atoms with E-state index in [-0.39, 0.29) is 12.3 Å². The van der Waals surface area contributed by atoms with Crippen LogP contribution < -0.4 is 15.0 Å². The van der Waals surface area contributed by atoms with Crippen molar-refractivity contribution >= 4 is 11.6 Å². The zero-order valence-corrected chi connectivity index (χ0v) is 19.5. The molecule has 1 atom stereocenters. The third-order valence-electron chi connectivity index (χ3n) is 6.06. The molecule has 2 heterocycles. The van der Waals surface area contributed by atoms with Gasteiger partial charge in [-0.05, 0) is 49.2 Å². The maximum Gasteiger partial charge on any atom is 0.226 e. The standard InChI is InChI=1S/C27H31N3O3/c1-19-14-24(30-12-13-33-18-20(30)2)10-11-25(19)21-8-9-23(28-16-21)15-27(31)29-17-22-6-4-5-7-26(22)32-3/h4-11,14,16,20H,12-13,15,17-18H2,1-3H3,(H,29,31)/t20-/m0/s1. The summed E-state index contributed by atoms with van der Waals surface area (Å²) in [7, 11) is 1.63. The van der Waals surface area contributed by atoms with Crippen molar-refractivity contribution in [2.75, 3.05) is 31.8 Å². The first-order valence-corrected chi connectivity index (χ1v) is 11.3. The largest absolute Gasteiger partial charge is 0.496 e. The van der Waals surface area contributed by atoms with Gasteiger partial charge in [0.05, 0.1) is 26.7 Å². The van der Waals surface area contributed by atoms with Gasteiger partial charge in [0.2, 0.25) is 5.91 Å². The molecule has 1 saturated heterocycles. The number of amides is 1. The Hall–Kier alpha value is -3.38. The second kappa shape index (κ2) is 10.5. The number of pyridine rings is 1. The van der Waals surface area contributed by atoms with E-state index in [4.69, 9.17) is 9.47 Å². The Labute approximate surface area is 195 Å². The van der Waals surface area contributed by atoms with E-state index < -0.39 is 0 Å². The number of rotatable bonds is 7. The molecule has 0 spiro atoms. The molecule has 2 aromatic carbocycles. The predicted octanol–water partition coefficient (Wildman–Crippen LogP) is 4.15. The van der Waals surface area contributed by atoms with Crippen LogP contribution in [0.3, 0.4) is 0 Å². The lowest BCUT2D eigenvalue weighted by atomic mass is 10.00. The molecular weight excluding hydrogens is 414 g/mol. The normalized spacial score (nSPS) is 15.8. The van der Waals surface area contributed by atoms with Crippen LogP contribution in [-0.2, 0) is 22.5 Å². The molecule has 6 nitrogen and oxygen atoms in total. The molecule has 172 valence electrons. The molecule has 0 saturated carbocycles. The number of carbonyl (C=O) groups is 1. The van der Waals surface area contributed by atoms with E-state index in [1.54, 1.807) is 7.11 Å². The van der Waals surface area contributed by atoms with Gasteiger partial charge in [-0.15, -0.1) is 0 Å². The van der Waals surface area contributed by atoms with E-state index in [0.717, 1.165) is 47.9 Å². The van der Waals surface area contributed by atoms with Gasteiger partial charge in [-0.1, -0.05) is 30.3 Å². The van der Waals surface area contributed by atoms with E-state index in [2.05, 4.69) is 47.2 Å². The average molecular weight is 446 g/mol. The highest BCUT2D eigenvalue weighted by atomic mass is 16.5. The number of aryl methyl sites for hydroxylation is 1. The summed E-state index contributed by atoms with van der Waals surface area (Å²) in [5.41, 5.74) is 6.32. The zero-order valence-electron chi connectivity index (χ0n) is 19.5. The molecule has 0 aliphatic carbocycles. The Bertz CT molecular complexity index is 1100. The topological polar surface area (TPSA) is 63.7 Å². The van der Waals surface area contributed by atoms with Gasteiger partial charge < -0.3 is 19.7 Å². The summed E-state index contributed by atoms with van der Waals surface area (Å²) in [6, 6.07) is 18.6. The average Bonchev–Trinajstić information content (AvgIpc) is 2.84. The molecule has 4 rings (SSSR count). The molecule has 1 aromatic heterocycles. The first-order chi connectivity index (χ1) is 16.0. The summed E-state index contributed by atoms with van der Waals surface area (Å²) in [5.74, 6) is 0.700. The van der Waals surface area contributed by atoms with E-state index in [0.29, 0.717) is 12.6 Å². The molecule has 1 N–H and O–H groups in total. The van der Waals surface area contributed by atoms with Gasteiger partial charge >= 0.3 is 0 Å². The smallest absolute Gasteiger partial charge is 0.226 e. The number of nitrogens with zero attached hydrogens (tertiary/aromatic N) is 2. The number of methoxy groups -OCH3 is 1. The summed E-state index contributed by atoms with van der Waals surface area (Å²) >= 11 is 0. The monoisotopic (exact) mass is 445 g/mol. The third kappa shape index (κ3) is 5.52. The molecule has 33 heavy (non-hydrogen) atoms. The van der Waals surface area contributed by atoms with Crippen LogP contribution >= 0.6 is 0 Å². The zero-order chi connectivity index (χ0) is 23.2. The van der Waals surface area contributed by atoms with E-state index in [1.807, 2.05) is 42.6 Å². The number of nitrogens with one attached hydrogen (secondary N) is 1. The van der Waals surface area contributed by atoms with E-state index in [1.165, 1.54) is 11.3 Å². The number of aromatic nitrogens is 1. The van der Waals surface area contributed by atoms with E-state index >= 15 is 0 Å². The number of carbonyl (C=O) groups excluding carboxylic acids is 1. The number of hydrogen-bond acceptors (Lipinski definition) is 5. The number of para-hydroxylation sites is 1. The lowest BCUT2D eigenvalue weighted by Crippen LogP contribution is -2.43. The summed E-state index contributed by atoms with van der Waals surface area (Å²) in [5, 5.41) is 2.95. The van der Waals surface area contributed by atoms with Crippen LogP contribution in [0.4, 0.5) is 5.69 Å². The molecule has 0 unspecified atom stereocenters. The Kier molecular flexibility index (Phi) is 7.25. The fourth-order valence-corrected chi connectivity index (χ4v) is 4.22. The van der Waals surface area contributed by atoms with Gasteiger partial charge in [-0.3, -0.25) is 9.78 Å². The Morgan fingerprint density at radius 3 is 2.79 bits per heavy atom. The maximum atomic E-state index is 12.4. The van der Waals surface area contributed by atoms with Crippen molar-refractivity contribution in [3.05, 3.63) is 77.6 Å². The first-order valence-electron chi connectivity index (χ1n) is 11.3. The van der Waals surface area contributed by atoms with Crippen LogP contribution in [0.2, 0.25) is 0 Å². The van der Waals surface area contributed by atoms with Crippen LogP contribution in [0.25, 0.3) is 11.1 Å². The molecule has 1 fully saturated rings. The SMILES string of the molecule is COc1ccccc1CNC(=O)Cc1ccc(-c2ccc(N3CCOC[C@@H]3C)cc2C)cn1. The van der Waals surface area contributed by atoms with Crippen LogP contribution in [0.1, 0.15) is 23.7 Å². The minimum absolute atomic E-state index is 0.0682. The van der Waals surface area contributed by atoms with Crippen LogP contribution in [0, 0.1) is 6.92 Å². The molecule has 6 heteroatoms. The van der Waals surface area contributed by atoms with Crippen molar-refractivity contribution in [3.63, 3.8) is 0 Å². The minimum atomic E-state index is -0.0682. The number of morpholine rings is 1. The first kappa shape index (κ1) is 22.8. The van der Waals surface area contributed by atoms with Gasteiger partial charge in [0, 0.05) is 47.8 Å². The van der Waals surface area contributed by atoms with Gasteiger partial charge in [-0.25, -0.2) is 0 Å². The van der Waals surface area contributed by atoms with Gasteiger partial charge in [0.1, 0.15) is 5.75 Å². The summed E-state index contributed by atoms with van der Waals surface area (Å²) < 4.78 is 10.9. The molecule has 1 amide bonds. The minimum Gasteiger partial charge on any atom is -0.496 e. The predicted molar refractivity (Wildman–Crippen MR) is 131 cm³/mol. The number of anilines is 1. The summed E-state index contributed by atoms with van der Waals surface area (Å²) in [4.78, 5) is 19.3. The summed E-state index contributed by atoms with van der Waals surface area (Å²) in [6.45, 7) is 7.19.